The van der Waals surface area contributed by atoms with E-state index < -0.39 is 4.92 Å². The minimum atomic E-state index is -0.410. The molecule has 0 amide bonds. The lowest BCUT2D eigenvalue weighted by molar-refractivity contribution is -0.384. The van der Waals surface area contributed by atoms with Crippen molar-refractivity contribution in [1.82, 2.24) is 5.32 Å². The van der Waals surface area contributed by atoms with Gasteiger partial charge in [0.15, 0.2) is 11.5 Å². The van der Waals surface area contributed by atoms with Crippen molar-refractivity contribution in [2.45, 2.75) is 12.3 Å². The minimum Gasteiger partial charge on any atom is -0.454 e. The number of benzene rings is 2. The summed E-state index contributed by atoms with van der Waals surface area (Å²) in [6.45, 7) is 0.875. The first-order valence-corrected chi connectivity index (χ1v) is 7.23. The maximum Gasteiger partial charge on any atom is 0.269 e. The SMILES string of the molecule is O=[N+]([O-])c1ccc([C@H]2CN[C@H](c3ccc4c(c3)OCO4)O2)cc1. The van der Waals surface area contributed by atoms with Crippen LogP contribution in [-0.4, -0.2) is 18.3 Å². The van der Waals surface area contributed by atoms with Crippen LogP contribution in [0.25, 0.3) is 0 Å². The fraction of sp³-hybridized carbons (Fsp3) is 0.250. The summed E-state index contributed by atoms with van der Waals surface area (Å²) in [5.41, 5.74) is 1.94. The number of nitrogens with zero attached hydrogens (tertiary/aromatic N) is 1. The fourth-order valence-corrected chi connectivity index (χ4v) is 2.75. The largest absolute Gasteiger partial charge is 0.454 e. The molecule has 23 heavy (non-hydrogen) atoms. The Bertz CT molecular complexity index is 747. The second-order valence-electron chi connectivity index (χ2n) is 5.37. The van der Waals surface area contributed by atoms with E-state index in [1.54, 1.807) is 12.1 Å². The number of nitro groups is 1. The van der Waals surface area contributed by atoms with Crippen LogP contribution in [0.15, 0.2) is 42.5 Å². The van der Waals surface area contributed by atoms with E-state index in [1.165, 1.54) is 12.1 Å². The van der Waals surface area contributed by atoms with Gasteiger partial charge in [-0.2, -0.15) is 0 Å². The number of rotatable bonds is 3. The maximum absolute atomic E-state index is 10.7. The van der Waals surface area contributed by atoms with E-state index in [0.29, 0.717) is 12.3 Å². The standard InChI is InChI=1S/C16H14N2O5/c19-18(20)12-4-1-10(2-5-12)15-8-17-16(23-15)11-3-6-13-14(7-11)22-9-21-13/h1-7,15-17H,8-9H2/t15-,16+/m1/s1. The van der Waals surface area contributed by atoms with Gasteiger partial charge in [0, 0.05) is 18.7 Å². The quantitative estimate of drug-likeness (QED) is 0.693. The van der Waals surface area contributed by atoms with E-state index in [-0.39, 0.29) is 24.8 Å². The summed E-state index contributed by atoms with van der Waals surface area (Å²) >= 11 is 0. The van der Waals surface area contributed by atoms with Crippen LogP contribution in [0, 0.1) is 10.1 Å². The maximum atomic E-state index is 10.7. The van der Waals surface area contributed by atoms with Gasteiger partial charge >= 0.3 is 0 Å². The van der Waals surface area contributed by atoms with Crippen molar-refractivity contribution in [3.63, 3.8) is 0 Å². The summed E-state index contributed by atoms with van der Waals surface area (Å²) in [6.07, 6.45) is -0.393. The topological polar surface area (TPSA) is 82.9 Å². The van der Waals surface area contributed by atoms with Crippen molar-refractivity contribution < 1.29 is 19.1 Å². The molecule has 2 heterocycles. The molecule has 1 fully saturated rings. The lowest BCUT2D eigenvalue weighted by Crippen LogP contribution is -2.13. The Morgan fingerprint density at radius 2 is 1.78 bits per heavy atom. The highest BCUT2D eigenvalue weighted by molar-refractivity contribution is 5.45. The number of fused-ring (bicyclic) bond motifs is 1. The van der Waals surface area contributed by atoms with Gasteiger partial charge in [0.25, 0.3) is 5.69 Å². The number of nitrogens with one attached hydrogen (secondary N) is 1. The van der Waals surface area contributed by atoms with Crippen LogP contribution in [-0.2, 0) is 4.74 Å². The molecule has 0 aliphatic carbocycles. The van der Waals surface area contributed by atoms with Crippen LogP contribution in [0.3, 0.4) is 0 Å². The zero-order valence-corrected chi connectivity index (χ0v) is 12.1. The third-order valence-electron chi connectivity index (χ3n) is 3.96. The predicted molar refractivity (Wildman–Crippen MR) is 80.2 cm³/mol. The molecule has 2 aliphatic heterocycles. The molecule has 0 spiro atoms. The molecule has 7 nitrogen and oxygen atoms in total. The van der Waals surface area contributed by atoms with Crippen LogP contribution in [0.4, 0.5) is 5.69 Å². The van der Waals surface area contributed by atoms with E-state index in [4.69, 9.17) is 14.2 Å². The van der Waals surface area contributed by atoms with Crippen molar-refractivity contribution in [2.75, 3.05) is 13.3 Å². The lowest BCUT2D eigenvalue weighted by Gasteiger charge is -2.13. The number of non-ortho nitro benzene ring substituents is 1. The van der Waals surface area contributed by atoms with Crippen LogP contribution in [0.2, 0.25) is 0 Å². The van der Waals surface area contributed by atoms with Gasteiger partial charge in [-0.25, -0.2) is 0 Å². The van der Waals surface area contributed by atoms with Crippen molar-refractivity contribution in [1.29, 1.82) is 0 Å². The first-order chi connectivity index (χ1) is 11.2. The average molecular weight is 314 g/mol. The number of nitro benzene ring substituents is 1. The molecule has 2 aliphatic rings. The first-order valence-electron chi connectivity index (χ1n) is 7.23. The Balaban J connectivity index is 1.49. The molecular weight excluding hydrogens is 300 g/mol. The van der Waals surface area contributed by atoms with E-state index >= 15 is 0 Å². The highest BCUT2D eigenvalue weighted by Gasteiger charge is 2.28. The van der Waals surface area contributed by atoms with Crippen molar-refractivity contribution in [3.8, 4) is 11.5 Å². The Morgan fingerprint density at radius 3 is 2.57 bits per heavy atom. The summed E-state index contributed by atoms with van der Waals surface area (Å²) in [6, 6.07) is 12.1. The predicted octanol–water partition coefficient (Wildman–Crippen LogP) is 2.68. The van der Waals surface area contributed by atoms with Crippen LogP contribution in [0.1, 0.15) is 23.5 Å². The molecule has 118 valence electrons. The summed E-state index contributed by atoms with van der Waals surface area (Å²) < 4.78 is 16.7. The van der Waals surface area contributed by atoms with Gasteiger partial charge in [-0.1, -0.05) is 6.07 Å². The summed E-state index contributed by atoms with van der Waals surface area (Å²) in [5.74, 6) is 1.45. The monoisotopic (exact) mass is 314 g/mol. The third kappa shape index (κ3) is 2.60. The van der Waals surface area contributed by atoms with Crippen molar-refractivity contribution >= 4 is 5.69 Å². The van der Waals surface area contributed by atoms with Crippen molar-refractivity contribution in [2.24, 2.45) is 0 Å². The summed E-state index contributed by atoms with van der Waals surface area (Å²) in [7, 11) is 0. The summed E-state index contributed by atoms with van der Waals surface area (Å²) in [4.78, 5) is 10.3. The Morgan fingerprint density at radius 1 is 1.04 bits per heavy atom. The van der Waals surface area contributed by atoms with Crippen molar-refractivity contribution in [3.05, 3.63) is 63.7 Å². The Hall–Kier alpha value is -2.64. The van der Waals surface area contributed by atoms with Crippen LogP contribution >= 0.6 is 0 Å². The number of hydrogen-bond donors (Lipinski definition) is 1. The average Bonchev–Trinajstić information content (AvgIpc) is 3.23. The molecule has 1 N–H and O–H groups in total. The molecule has 0 saturated carbocycles. The Labute approximate surface area is 131 Å². The molecule has 0 aromatic heterocycles. The highest BCUT2D eigenvalue weighted by Crippen LogP contribution is 2.37. The highest BCUT2D eigenvalue weighted by atomic mass is 16.7. The first kappa shape index (κ1) is 14.0. The minimum absolute atomic E-state index is 0.0760. The van der Waals surface area contributed by atoms with Gasteiger partial charge in [0.2, 0.25) is 6.79 Å². The molecule has 0 radical (unpaired) electrons. The van der Waals surface area contributed by atoms with E-state index in [9.17, 15) is 10.1 Å². The molecule has 2 aromatic rings. The van der Waals surface area contributed by atoms with Crippen LogP contribution in [0.5, 0.6) is 11.5 Å². The number of ether oxygens (including phenoxy) is 3. The number of hydrogen-bond acceptors (Lipinski definition) is 6. The zero-order valence-electron chi connectivity index (χ0n) is 12.1. The van der Waals surface area contributed by atoms with Gasteiger partial charge in [0.1, 0.15) is 6.23 Å². The second kappa shape index (κ2) is 5.53. The fourth-order valence-electron chi connectivity index (χ4n) is 2.75. The normalized spacial score (nSPS) is 22.3. The molecule has 2 atom stereocenters. The van der Waals surface area contributed by atoms with E-state index in [2.05, 4.69) is 5.32 Å². The molecule has 2 aromatic carbocycles. The van der Waals surface area contributed by atoms with Gasteiger partial charge in [-0.3, -0.25) is 15.4 Å². The van der Waals surface area contributed by atoms with Gasteiger partial charge in [0.05, 0.1) is 11.0 Å². The molecule has 0 bridgehead atoms. The molecule has 4 rings (SSSR count). The molecule has 7 heteroatoms. The molecule has 0 unspecified atom stereocenters. The van der Waals surface area contributed by atoms with E-state index in [0.717, 1.165) is 16.9 Å². The van der Waals surface area contributed by atoms with Gasteiger partial charge in [-0.05, 0) is 35.4 Å². The van der Waals surface area contributed by atoms with Gasteiger partial charge in [-0.15, -0.1) is 0 Å². The third-order valence-corrected chi connectivity index (χ3v) is 3.96. The lowest BCUT2D eigenvalue weighted by atomic mass is 10.1. The smallest absolute Gasteiger partial charge is 0.269 e. The Kier molecular flexibility index (Phi) is 3.36. The second-order valence-corrected chi connectivity index (χ2v) is 5.37. The van der Waals surface area contributed by atoms with Crippen LogP contribution < -0.4 is 14.8 Å². The van der Waals surface area contributed by atoms with Gasteiger partial charge < -0.3 is 14.2 Å². The molecule has 1 saturated heterocycles. The summed E-state index contributed by atoms with van der Waals surface area (Å²) in [5, 5.41) is 14.0. The van der Waals surface area contributed by atoms with E-state index in [1.807, 2.05) is 18.2 Å². The zero-order chi connectivity index (χ0) is 15.8. The molecular formula is C16H14N2O5.